The molecule has 0 spiro atoms. The highest BCUT2D eigenvalue weighted by Gasteiger charge is 2.55. The number of benzene rings is 1. The Morgan fingerprint density at radius 1 is 1.15 bits per heavy atom. The molecule has 0 aliphatic heterocycles. The Kier molecular flexibility index (Phi) is 4.34. The first-order valence-corrected chi connectivity index (χ1v) is 6.21. The molecule has 0 aromatic heterocycles. The largest absolute Gasteiger partial charge is 0.588 e. The fourth-order valence-corrected chi connectivity index (χ4v) is 1.65. The van der Waals surface area contributed by atoms with Gasteiger partial charge in [-0.15, -0.1) is 30.6 Å². The third-order valence-corrected chi connectivity index (χ3v) is 2.92. The SMILES string of the molecule is O=S(=[OH+])(Oc1ccc(OC(F)(F)F)cc1Cl)C(F)(F)F. The molecule has 1 atom stereocenters. The molecule has 0 saturated heterocycles. The highest BCUT2D eigenvalue weighted by Crippen LogP contribution is 2.35. The van der Waals surface area contributed by atoms with Gasteiger partial charge in [0.25, 0.3) is 0 Å². The predicted octanol–water partition coefficient (Wildman–Crippen LogP) is 3.62. The van der Waals surface area contributed by atoms with Crippen LogP contribution in [0.3, 0.4) is 0 Å². The fourth-order valence-electron chi connectivity index (χ4n) is 0.915. The van der Waals surface area contributed by atoms with Gasteiger partial charge < -0.3 is 8.92 Å². The van der Waals surface area contributed by atoms with Crippen LogP contribution < -0.4 is 8.92 Å². The fraction of sp³-hybridized carbons (Fsp3) is 0.250. The van der Waals surface area contributed by atoms with Crippen LogP contribution in [0.1, 0.15) is 0 Å². The van der Waals surface area contributed by atoms with Gasteiger partial charge in [-0.2, -0.15) is 4.21 Å². The van der Waals surface area contributed by atoms with Crippen LogP contribution in [0.15, 0.2) is 18.2 Å². The lowest BCUT2D eigenvalue weighted by molar-refractivity contribution is -0.274. The van der Waals surface area contributed by atoms with E-state index in [1.54, 1.807) is 0 Å². The standard InChI is InChI=1S/C8H3ClF6O4S/c9-5-3-4(18-7(10,11)12)1-2-6(5)19-20(16,17)8(13,14)15/h1-3H/p+1. The highest BCUT2D eigenvalue weighted by molar-refractivity contribution is 7.88. The van der Waals surface area contributed by atoms with Gasteiger partial charge in [-0.1, -0.05) is 11.6 Å². The molecule has 1 rings (SSSR count). The van der Waals surface area contributed by atoms with Gasteiger partial charge in [-0.05, 0) is 12.1 Å². The lowest BCUT2D eigenvalue weighted by atomic mass is 10.3. The van der Waals surface area contributed by atoms with E-state index in [-0.39, 0.29) is 0 Å². The molecule has 0 fully saturated rings. The molecule has 1 N–H and O–H groups in total. The zero-order valence-electron chi connectivity index (χ0n) is 8.96. The highest BCUT2D eigenvalue weighted by atomic mass is 35.5. The Hall–Kier alpha value is -1.36. The van der Waals surface area contributed by atoms with E-state index in [0.717, 1.165) is 0 Å². The molecule has 1 unspecified atom stereocenters. The van der Waals surface area contributed by atoms with Crippen molar-refractivity contribution < 1.29 is 43.7 Å². The molecule has 1 aromatic rings. The average Bonchev–Trinajstić information content (AvgIpc) is 2.18. The van der Waals surface area contributed by atoms with Gasteiger partial charge >= 0.3 is 22.0 Å². The number of hydrogen-bond acceptors (Lipinski definition) is 3. The summed E-state index contributed by atoms with van der Waals surface area (Å²) in [6.07, 6.45) is -5.03. The Balaban J connectivity index is 3.01. The van der Waals surface area contributed by atoms with Crippen LogP contribution in [0.25, 0.3) is 0 Å². The molecule has 4 nitrogen and oxygen atoms in total. The van der Waals surface area contributed by atoms with Crippen molar-refractivity contribution in [2.75, 3.05) is 0 Å². The summed E-state index contributed by atoms with van der Waals surface area (Å²) in [4.78, 5) is 0. The average molecular weight is 346 g/mol. The predicted molar refractivity (Wildman–Crippen MR) is 54.9 cm³/mol. The molecule has 0 heterocycles. The van der Waals surface area contributed by atoms with Gasteiger partial charge in [0.15, 0.2) is 5.75 Å². The van der Waals surface area contributed by atoms with E-state index in [4.69, 9.17) is 15.8 Å². The number of alkyl halides is 6. The van der Waals surface area contributed by atoms with E-state index < -0.39 is 38.5 Å². The maximum atomic E-state index is 12.1. The second kappa shape index (κ2) is 5.20. The van der Waals surface area contributed by atoms with Crippen molar-refractivity contribution in [2.24, 2.45) is 0 Å². The second-order valence-corrected chi connectivity index (χ2v) is 5.13. The number of hydrogen-bond donors (Lipinski definition) is 0. The molecule has 114 valence electrons. The van der Waals surface area contributed by atoms with Crippen LogP contribution in [0.5, 0.6) is 11.5 Å². The molecular formula is C8H4ClF6O4S+. The monoisotopic (exact) mass is 345 g/mol. The summed E-state index contributed by atoms with van der Waals surface area (Å²) in [6.45, 7) is 0. The molecule has 0 aliphatic rings. The van der Waals surface area contributed by atoms with E-state index in [1.165, 1.54) is 0 Å². The first-order valence-electron chi connectivity index (χ1n) is 4.39. The molecule has 0 amide bonds. The number of halogens is 7. The normalized spacial score (nSPS) is 15.6. The van der Waals surface area contributed by atoms with Crippen LogP contribution in [0.2, 0.25) is 5.02 Å². The first-order chi connectivity index (χ1) is 8.82. The maximum Gasteiger partial charge on any atom is 0.588 e. The van der Waals surface area contributed by atoms with Gasteiger partial charge in [0.05, 0.1) is 5.02 Å². The lowest BCUT2D eigenvalue weighted by Gasteiger charge is -2.10. The van der Waals surface area contributed by atoms with Crippen LogP contribution >= 0.6 is 11.6 Å². The molecule has 0 aliphatic carbocycles. The van der Waals surface area contributed by atoms with Crippen LogP contribution in [0.4, 0.5) is 26.3 Å². The molecule has 1 aromatic carbocycles. The summed E-state index contributed by atoms with van der Waals surface area (Å²) in [5.41, 5.74) is -5.59. The minimum absolute atomic E-state index is 0.482. The van der Waals surface area contributed by atoms with Crippen LogP contribution in [0, 0.1) is 0 Å². The first kappa shape index (κ1) is 16.7. The Morgan fingerprint density at radius 3 is 2.10 bits per heavy atom. The number of ether oxygens (including phenoxy) is 1. The quantitative estimate of drug-likeness (QED) is 0.364. The van der Waals surface area contributed by atoms with Gasteiger partial charge in [-0.25, -0.2) is 0 Å². The lowest BCUT2D eigenvalue weighted by Crippen LogP contribution is -2.28. The smallest absolute Gasteiger partial charge is 0.406 e. The van der Waals surface area contributed by atoms with Crippen molar-refractivity contribution in [3.63, 3.8) is 0 Å². The third-order valence-electron chi connectivity index (χ3n) is 1.63. The van der Waals surface area contributed by atoms with E-state index in [9.17, 15) is 30.6 Å². The second-order valence-electron chi connectivity index (χ2n) is 3.14. The Bertz CT molecular complexity index is 594. The Morgan fingerprint density at radius 2 is 1.70 bits per heavy atom. The van der Waals surface area contributed by atoms with Crippen molar-refractivity contribution in [1.82, 2.24) is 0 Å². The zero-order chi connectivity index (χ0) is 15.8. The van der Waals surface area contributed by atoms with E-state index in [2.05, 4.69) is 8.92 Å². The molecule has 0 saturated carbocycles. The van der Waals surface area contributed by atoms with Crippen molar-refractivity contribution in [2.45, 2.75) is 11.9 Å². The zero-order valence-corrected chi connectivity index (χ0v) is 10.5. The van der Waals surface area contributed by atoms with Crippen molar-refractivity contribution >= 4 is 21.7 Å². The molecule has 0 bridgehead atoms. The van der Waals surface area contributed by atoms with Crippen LogP contribution in [-0.4, -0.2) is 20.3 Å². The number of rotatable bonds is 3. The minimum atomic E-state index is -5.72. The molecule has 0 radical (unpaired) electrons. The summed E-state index contributed by atoms with van der Waals surface area (Å²) in [5.74, 6) is -1.75. The molecule has 20 heavy (non-hydrogen) atoms. The van der Waals surface area contributed by atoms with Crippen molar-refractivity contribution in [1.29, 1.82) is 0 Å². The summed E-state index contributed by atoms with van der Waals surface area (Å²) in [7, 11) is -5.72. The van der Waals surface area contributed by atoms with Gasteiger partial charge in [0.1, 0.15) is 5.75 Å². The summed E-state index contributed by atoms with van der Waals surface area (Å²) >= 11 is 5.34. The van der Waals surface area contributed by atoms with Crippen molar-refractivity contribution in [3.8, 4) is 11.5 Å². The van der Waals surface area contributed by atoms with E-state index in [1.807, 2.05) is 0 Å². The molecule has 12 heteroatoms. The van der Waals surface area contributed by atoms with Crippen LogP contribution in [-0.2, 0) is 10.1 Å². The van der Waals surface area contributed by atoms with Gasteiger partial charge in [-0.3, -0.25) is 0 Å². The third kappa shape index (κ3) is 4.34. The van der Waals surface area contributed by atoms with E-state index >= 15 is 0 Å². The minimum Gasteiger partial charge on any atom is -0.406 e. The van der Waals surface area contributed by atoms with E-state index in [0.29, 0.717) is 18.2 Å². The molecular weight excluding hydrogens is 342 g/mol. The summed E-state index contributed by atoms with van der Waals surface area (Å²) in [6, 6.07) is 1.59. The van der Waals surface area contributed by atoms with Crippen molar-refractivity contribution in [3.05, 3.63) is 23.2 Å². The van der Waals surface area contributed by atoms with Gasteiger partial charge in [0, 0.05) is 6.07 Å². The summed E-state index contributed by atoms with van der Waals surface area (Å²) in [5, 5.41) is -0.766. The topological polar surface area (TPSA) is 56.9 Å². The van der Waals surface area contributed by atoms with Gasteiger partial charge in [0.2, 0.25) is 0 Å². The maximum absolute atomic E-state index is 12.1. The summed E-state index contributed by atoms with van der Waals surface area (Å²) < 4.78 is 98.5. The Labute approximate surface area is 113 Å².